The summed E-state index contributed by atoms with van der Waals surface area (Å²) < 4.78 is 11.4. The number of carbonyl (C=O) groups is 3. The number of hydrogen-bond donors (Lipinski definition) is 5. The summed E-state index contributed by atoms with van der Waals surface area (Å²) in [7, 11) is 0. The van der Waals surface area contributed by atoms with Crippen molar-refractivity contribution in [3.8, 4) is 0 Å². The number of halogens is 1. The molecule has 1 saturated heterocycles. The second-order valence-corrected chi connectivity index (χ2v) is 10.3. The topological polar surface area (TPSA) is 177 Å². The van der Waals surface area contributed by atoms with Gasteiger partial charge in [0, 0.05) is 30.5 Å². The van der Waals surface area contributed by atoms with Gasteiger partial charge in [0.2, 0.25) is 11.7 Å². The van der Waals surface area contributed by atoms with E-state index in [9.17, 15) is 34.8 Å². The Morgan fingerprint density at radius 3 is 2.40 bits per heavy atom. The maximum atomic E-state index is 12.4. The van der Waals surface area contributed by atoms with Crippen LogP contribution in [0, 0.1) is 0 Å². The summed E-state index contributed by atoms with van der Waals surface area (Å²) in [4.78, 5) is 36.6. The van der Waals surface area contributed by atoms with Crippen LogP contribution >= 0.6 is 11.6 Å². The molecule has 0 radical (unpaired) electrons. The molecule has 1 fully saturated rings. The van der Waals surface area contributed by atoms with Gasteiger partial charge in [0.05, 0.1) is 24.9 Å². The predicted molar refractivity (Wildman–Crippen MR) is 145 cm³/mol. The standard InChI is InChI=1S/C29H31ClN2O9.Na/c1-16(33)32-24-22(34)13-29(28(38)39,40-15-17-6-7-18-4-2-3-5-20(18)12-17)41-26(24)25(36)23(35)14-31-27(37)19-8-10-21(30)11-9-19;/h2-12,22-26,34-36H,13-15H2,1H3,(H,31,37)(H,32,33)(H,38,39);/q;+1/p-1/t22-,23+,24+,25-,26+,29+;/m0./s1. The number of ether oxygens (including phenoxy) is 2. The van der Waals surface area contributed by atoms with Crippen LogP contribution in [0.3, 0.4) is 0 Å². The molecule has 1 heterocycles. The number of carboxylic acid groups (broad SMARTS) is 1. The SMILES string of the molecule is CC(=O)N[C@H]1[C@H]([C@@H](O)[C@H](O)CNC(=O)c2ccc(Cl)cc2)O[C@@](OCc2ccc3ccccc3c2)(C(=O)[O-])C[C@@H]1O.[Na+]. The molecule has 6 atom stereocenters. The van der Waals surface area contributed by atoms with Crippen LogP contribution in [-0.4, -0.2) is 75.9 Å². The van der Waals surface area contributed by atoms with Gasteiger partial charge in [0.15, 0.2) is 0 Å². The second kappa shape index (κ2) is 14.7. The van der Waals surface area contributed by atoms with E-state index in [4.69, 9.17) is 21.1 Å². The van der Waals surface area contributed by atoms with Crippen molar-refractivity contribution in [2.75, 3.05) is 6.54 Å². The molecule has 0 unspecified atom stereocenters. The zero-order chi connectivity index (χ0) is 29.7. The van der Waals surface area contributed by atoms with E-state index >= 15 is 0 Å². The monoisotopic (exact) mass is 608 g/mol. The number of benzene rings is 3. The first-order chi connectivity index (χ1) is 19.5. The summed E-state index contributed by atoms with van der Waals surface area (Å²) in [5.41, 5.74) is 0.850. The average Bonchev–Trinajstić information content (AvgIpc) is 2.95. The van der Waals surface area contributed by atoms with E-state index in [1.165, 1.54) is 24.3 Å². The zero-order valence-corrected chi connectivity index (χ0v) is 25.8. The fraction of sp³-hybridized carbons (Fsp3) is 0.345. The van der Waals surface area contributed by atoms with Crippen molar-refractivity contribution in [1.82, 2.24) is 10.6 Å². The molecular weight excluding hydrogens is 579 g/mol. The number of carboxylic acids is 1. The minimum Gasteiger partial charge on any atom is -0.544 e. The maximum Gasteiger partial charge on any atom is 1.00 e. The molecule has 5 N–H and O–H groups in total. The van der Waals surface area contributed by atoms with Gasteiger partial charge in [-0.25, -0.2) is 0 Å². The van der Waals surface area contributed by atoms with Crippen LogP contribution in [-0.2, 0) is 25.7 Å². The van der Waals surface area contributed by atoms with Crippen LogP contribution in [0.4, 0.5) is 0 Å². The molecule has 0 aliphatic carbocycles. The van der Waals surface area contributed by atoms with E-state index in [0.717, 1.165) is 17.7 Å². The van der Waals surface area contributed by atoms with Crippen LogP contribution < -0.4 is 45.3 Å². The van der Waals surface area contributed by atoms with Crippen molar-refractivity contribution in [2.24, 2.45) is 0 Å². The molecular formula is C29H30ClN2NaO9. The molecule has 0 bridgehead atoms. The Balaban J connectivity index is 0.00000484. The quantitative estimate of drug-likeness (QED) is 0.153. The average molecular weight is 609 g/mol. The van der Waals surface area contributed by atoms with Crippen LogP contribution in [0.5, 0.6) is 0 Å². The number of rotatable bonds is 10. The second-order valence-electron chi connectivity index (χ2n) is 9.87. The van der Waals surface area contributed by atoms with Gasteiger partial charge in [-0.3, -0.25) is 9.59 Å². The van der Waals surface area contributed by atoms with E-state index < -0.39 is 67.0 Å². The van der Waals surface area contributed by atoms with Crippen LogP contribution in [0.15, 0.2) is 66.7 Å². The zero-order valence-electron chi connectivity index (χ0n) is 23.0. The Kier molecular flexibility index (Phi) is 11.9. The van der Waals surface area contributed by atoms with E-state index in [1.54, 1.807) is 12.1 Å². The van der Waals surface area contributed by atoms with Gasteiger partial charge in [-0.2, -0.15) is 0 Å². The number of hydrogen-bond acceptors (Lipinski definition) is 9. The first-order valence-electron chi connectivity index (χ1n) is 12.8. The molecule has 3 aromatic carbocycles. The van der Waals surface area contributed by atoms with Gasteiger partial charge >= 0.3 is 29.6 Å². The molecule has 218 valence electrons. The van der Waals surface area contributed by atoms with Gasteiger partial charge in [-0.05, 0) is 46.7 Å². The third-order valence-corrected chi connectivity index (χ3v) is 7.10. The fourth-order valence-electron chi connectivity index (χ4n) is 4.71. The minimum atomic E-state index is -2.53. The van der Waals surface area contributed by atoms with Crippen molar-refractivity contribution in [3.05, 3.63) is 82.9 Å². The van der Waals surface area contributed by atoms with E-state index in [1.807, 2.05) is 30.3 Å². The number of fused-ring (bicyclic) bond motifs is 1. The van der Waals surface area contributed by atoms with Crippen molar-refractivity contribution < 1.29 is 73.8 Å². The number of aliphatic hydroxyl groups is 3. The first kappa shape index (κ1) is 33.9. The minimum absolute atomic E-state index is 0. The van der Waals surface area contributed by atoms with E-state index in [-0.39, 0.29) is 41.7 Å². The molecule has 3 aromatic rings. The summed E-state index contributed by atoms with van der Waals surface area (Å²) in [6, 6.07) is 17.6. The Labute approximate surface area is 269 Å². The summed E-state index contributed by atoms with van der Waals surface area (Å²) in [6.07, 6.45) is -7.45. The van der Waals surface area contributed by atoms with Crippen molar-refractivity contribution in [2.45, 2.75) is 56.2 Å². The third-order valence-electron chi connectivity index (χ3n) is 6.85. The Morgan fingerprint density at radius 1 is 1.10 bits per heavy atom. The molecule has 0 aromatic heterocycles. The van der Waals surface area contributed by atoms with Crippen LogP contribution in [0.1, 0.15) is 29.3 Å². The molecule has 1 aliphatic heterocycles. The molecule has 1 aliphatic rings. The largest absolute Gasteiger partial charge is 1.00 e. The Morgan fingerprint density at radius 2 is 1.76 bits per heavy atom. The van der Waals surface area contributed by atoms with Crippen molar-refractivity contribution in [3.63, 3.8) is 0 Å². The number of carbonyl (C=O) groups excluding carboxylic acids is 3. The number of aliphatic hydroxyl groups excluding tert-OH is 3. The summed E-state index contributed by atoms with van der Waals surface area (Å²) in [6.45, 7) is 0.441. The molecule has 4 rings (SSSR count). The molecule has 13 heteroatoms. The number of amides is 2. The predicted octanol–water partition coefficient (Wildman–Crippen LogP) is -2.73. The normalized spacial score (nSPS) is 23.3. The summed E-state index contributed by atoms with van der Waals surface area (Å²) in [5.74, 6) is -5.52. The van der Waals surface area contributed by atoms with Crippen molar-refractivity contribution in [1.29, 1.82) is 0 Å². The molecule has 11 nitrogen and oxygen atoms in total. The molecule has 42 heavy (non-hydrogen) atoms. The van der Waals surface area contributed by atoms with E-state index in [2.05, 4.69) is 10.6 Å². The Bertz CT molecular complexity index is 1410. The molecule has 2 amide bonds. The van der Waals surface area contributed by atoms with Crippen LogP contribution in [0.25, 0.3) is 10.8 Å². The first-order valence-corrected chi connectivity index (χ1v) is 13.2. The van der Waals surface area contributed by atoms with Gasteiger partial charge < -0.3 is 45.3 Å². The van der Waals surface area contributed by atoms with Gasteiger partial charge in [-0.1, -0.05) is 48.0 Å². The van der Waals surface area contributed by atoms with Crippen LogP contribution in [0.2, 0.25) is 5.02 Å². The third kappa shape index (κ3) is 8.07. The Hall–Kier alpha value is -2.58. The van der Waals surface area contributed by atoms with Gasteiger partial charge in [0.25, 0.3) is 5.91 Å². The van der Waals surface area contributed by atoms with Gasteiger partial charge in [-0.15, -0.1) is 0 Å². The van der Waals surface area contributed by atoms with E-state index in [0.29, 0.717) is 10.6 Å². The molecule has 0 spiro atoms. The summed E-state index contributed by atoms with van der Waals surface area (Å²) in [5, 5.41) is 52.1. The fourth-order valence-corrected chi connectivity index (χ4v) is 4.84. The number of nitrogens with one attached hydrogen (secondary N) is 2. The summed E-state index contributed by atoms with van der Waals surface area (Å²) >= 11 is 5.83. The smallest absolute Gasteiger partial charge is 0.544 e. The maximum absolute atomic E-state index is 12.4. The number of aliphatic carboxylic acids is 1. The molecule has 0 saturated carbocycles. The van der Waals surface area contributed by atoms with Crippen molar-refractivity contribution >= 4 is 40.2 Å². The van der Waals surface area contributed by atoms with Gasteiger partial charge in [0.1, 0.15) is 18.2 Å².